The third kappa shape index (κ3) is 7.19. The summed E-state index contributed by atoms with van der Waals surface area (Å²) >= 11 is 1.43. The van der Waals surface area contributed by atoms with Gasteiger partial charge in [0.05, 0.1) is 11.7 Å². The molecular weight excluding hydrogens is 496 g/mol. The summed E-state index contributed by atoms with van der Waals surface area (Å²) in [5.41, 5.74) is 4.53. The van der Waals surface area contributed by atoms with Crippen molar-refractivity contribution in [1.29, 1.82) is 0 Å². The number of carbonyl (C=O) groups is 1. The van der Waals surface area contributed by atoms with Crippen molar-refractivity contribution in [3.63, 3.8) is 0 Å². The lowest BCUT2D eigenvalue weighted by Gasteiger charge is -2.34. The first-order valence-corrected chi connectivity index (χ1v) is 13.9. The van der Waals surface area contributed by atoms with Gasteiger partial charge in [0.25, 0.3) is 0 Å². The van der Waals surface area contributed by atoms with Gasteiger partial charge in [0.2, 0.25) is 11.8 Å². The van der Waals surface area contributed by atoms with E-state index in [0.717, 1.165) is 39.3 Å². The molecule has 0 fully saturated rings. The molecule has 1 aliphatic heterocycles. The Morgan fingerprint density at radius 3 is 2.53 bits per heavy atom. The second-order valence-corrected chi connectivity index (χ2v) is 12.1. The average Bonchev–Trinajstić information content (AvgIpc) is 2.83. The molecule has 0 saturated carbocycles. The molecule has 2 aromatic carbocycles. The molecule has 1 N–H and O–H groups in total. The van der Waals surface area contributed by atoms with Gasteiger partial charge in [-0.15, -0.1) is 0 Å². The minimum absolute atomic E-state index is 0.211. The molecule has 1 unspecified atom stereocenters. The monoisotopic (exact) mass is 534 g/mol. The first-order valence-electron chi connectivity index (χ1n) is 13.1. The average molecular weight is 535 g/mol. The minimum atomic E-state index is -0.606. The van der Waals surface area contributed by atoms with Gasteiger partial charge in [-0.25, -0.2) is 9.78 Å². The standard InChI is InChI=1S/C30H38N4O3S/c1-19(2)14-23-18-36-26-16-25(27-20(3)10-8-11-21(27)4)31-28(32-26)33-38-24-13-9-12-22(15-24)17-34(23)29(35)37-30(5,6)7/h8-13,15-16,19,23H,14,17-18H2,1-7H3,(H,31,32,33). The van der Waals surface area contributed by atoms with Crippen molar-refractivity contribution in [3.05, 3.63) is 65.2 Å². The van der Waals surface area contributed by atoms with Crippen LogP contribution in [0.3, 0.4) is 0 Å². The molecule has 1 aliphatic rings. The maximum Gasteiger partial charge on any atom is 0.410 e. The molecule has 38 heavy (non-hydrogen) atoms. The normalized spacial score (nSPS) is 16.0. The van der Waals surface area contributed by atoms with Crippen LogP contribution in [0.4, 0.5) is 10.7 Å². The molecule has 7 nitrogen and oxygen atoms in total. The number of nitrogens with zero attached hydrogens (tertiary/aromatic N) is 3. The summed E-state index contributed by atoms with van der Waals surface area (Å²) in [5.74, 6) is 1.28. The fourth-order valence-corrected chi connectivity index (χ4v) is 5.23. The molecular formula is C30H38N4O3S. The predicted molar refractivity (Wildman–Crippen MR) is 153 cm³/mol. The van der Waals surface area contributed by atoms with E-state index in [2.05, 4.69) is 55.6 Å². The van der Waals surface area contributed by atoms with E-state index in [9.17, 15) is 4.79 Å². The Hall–Kier alpha value is -3.26. The van der Waals surface area contributed by atoms with Gasteiger partial charge in [-0.1, -0.05) is 44.2 Å². The van der Waals surface area contributed by atoms with Gasteiger partial charge in [0.15, 0.2) is 0 Å². The highest BCUT2D eigenvalue weighted by atomic mass is 32.2. The Bertz CT molecular complexity index is 1270. The van der Waals surface area contributed by atoms with Crippen LogP contribution in [0.5, 0.6) is 5.88 Å². The van der Waals surface area contributed by atoms with Crippen molar-refractivity contribution in [2.75, 3.05) is 11.3 Å². The summed E-state index contributed by atoms with van der Waals surface area (Å²) in [5, 5.41) is 0. The highest BCUT2D eigenvalue weighted by Crippen LogP contribution is 2.31. The lowest BCUT2D eigenvalue weighted by Crippen LogP contribution is -2.46. The van der Waals surface area contributed by atoms with Gasteiger partial charge < -0.3 is 9.47 Å². The number of ether oxygens (including phenoxy) is 2. The number of nitrogens with one attached hydrogen (secondary N) is 1. The molecule has 4 rings (SSSR count). The topological polar surface area (TPSA) is 76.6 Å². The number of aryl methyl sites for hydroxylation is 2. The third-order valence-electron chi connectivity index (χ3n) is 6.19. The number of carbonyl (C=O) groups excluding carboxylic acids is 1. The van der Waals surface area contributed by atoms with Crippen molar-refractivity contribution in [1.82, 2.24) is 14.9 Å². The summed E-state index contributed by atoms with van der Waals surface area (Å²) in [6.45, 7) is 14.8. The van der Waals surface area contributed by atoms with Crippen molar-refractivity contribution in [3.8, 4) is 17.1 Å². The van der Waals surface area contributed by atoms with Crippen LogP contribution < -0.4 is 9.46 Å². The molecule has 4 bridgehead atoms. The van der Waals surface area contributed by atoms with E-state index < -0.39 is 5.60 Å². The maximum absolute atomic E-state index is 13.5. The summed E-state index contributed by atoms with van der Waals surface area (Å²) in [4.78, 5) is 25.8. The zero-order valence-corrected chi connectivity index (χ0v) is 24.2. The maximum atomic E-state index is 13.5. The number of anilines is 1. The molecule has 0 spiro atoms. The van der Waals surface area contributed by atoms with Crippen LogP contribution in [0.2, 0.25) is 0 Å². The van der Waals surface area contributed by atoms with E-state index in [4.69, 9.17) is 14.5 Å². The molecule has 3 aromatic rings. The number of hydrogen-bond donors (Lipinski definition) is 1. The molecule has 0 saturated heterocycles. The van der Waals surface area contributed by atoms with Crippen molar-refractivity contribution in [2.45, 2.75) is 78.0 Å². The van der Waals surface area contributed by atoms with Gasteiger partial charge in [-0.3, -0.25) is 9.62 Å². The van der Waals surface area contributed by atoms with Crippen LogP contribution in [-0.4, -0.2) is 39.2 Å². The molecule has 1 atom stereocenters. The van der Waals surface area contributed by atoms with E-state index in [1.54, 1.807) is 4.90 Å². The van der Waals surface area contributed by atoms with Crippen LogP contribution in [0, 0.1) is 19.8 Å². The predicted octanol–water partition coefficient (Wildman–Crippen LogP) is 7.42. The Morgan fingerprint density at radius 2 is 1.84 bits per heavy atom. The van der Waals surface area contributed by atoms with E-state index in [0.29, 0.717) is 24.3 Å². The largest absolute Gasteiger partial charge is 0.475 e. The lowest BCUT2D eigenvalue weighted by atomic mass is 10.00. The van der Waals surface area contributed by atoms with Crippen LogP contribution in [-0.2, 0) is 11.3 Å². The zero-order valence-electron chi connectivity index (χ0n) is 23.4. The molecule has 0 aliphatic carbocycles. The van der Waals surface area contributed by atoms with E-state index >= 15 is 0 Å². The van der Waals surface area contributed by atoms with E-state index in [-0.39, 0.29) is 18.7 Å². The van der Waals surface area contributed by atoms with Crippen LogP contribution >= 0.6 is 11.9 Å². The Kier molecular flexibility index (Phi) is 8.51. The molecule has 1 amide bonds. The Balaban J connectivity index is 1.79. The number of aromatic nitrogens is 2. The number of hydrogen-bond acceptors (Lipinski definition) is 7. The molecule has 8 heteroatoms. The number of fused-ring (bicyclic) bond motifs is 4. The summed E-state index contributed by atoms with van der Waals surface area (Å²) in [7, 11) is 0. The first kappa shape index (κ1) is 27.8. The fourth-order valence-electron chi connectivity index (χ4n) is 4.57. The van der Waals surface area contributed by atoms with Crippen LogP contribution in [0.1, 0.15) is 57.7 Å². The number of amides is 1. The Labute approximate surface area is 230 Å². The summed E-state index contributed by atoms with van der Waals surface area (Å²) in [6, 6.07) is 16.0. The molecule has 2 heterocycles. The van der Waals surface area contributed by atoms with Gasteiger partial charge >= 0.3 is 6.09 Å². The van der Waals surface area contributed by atoms with Gasteiger partial charge in [-0.05, 0) is 87.7 Å². The van der Waals surface area contributed by atoms with E-state index in [1.807, 2.05) is 51.1 Å². The second kappa shape index (κ2) is 11.6. The summed E-state index contributed by atoms with van der Waals surface area (Å²) in [6.07, 6.45) is 0.408. The van der Waals surface area contributed by atoms with Gasteiger partial charge in [0.1, 0.15) is 12.2 Å². The second-order valence-electron chi connectivity index (χ2n) is 11.2. The SMILES string of the molecule is Cc1cccc(C)c1-c1cc2nc(n1)NSc1cccc(c1)CN(C(=O)OC(C)(C)C)C(CC(C)C)CO2. The van der Waals surface area contributed by atoms with E-state index in [1.165, 1.54) is 11.9 Å². The molecule has 0 radical (unpaired) electrons. The number of benzene rings is 2. The van der Waals surface area contributed by atoms with Crippen molar-refractivity contribution in [2.24, 2.45) is 5.92 Å². The zero-order chi connectivity index (χ0) is 27.4. The van der Waals surface area contributed by atoms with Crippen molar-refractivity contribution >= 4 is 24.0 Å². The first-order chi connectivity index (χ1) is 18.0. The van der Waals surface area contributed by atoms with Crippen LogP contribution in [0.15, 0.2) is 53.4 Å². The summed E-state index contributed by atoms with van der Waals surface area (Å²) < 4.78 is 15.5. The fraction of sp³-hybridized carbons (Fsp3) is 0.433. The quantitative estimate of drug-likeness (QED) is 0.350. The highest BCUT2D eigenvalue weighted by molar-refractivity contribution is 8.00. The Morgan fingerprint density at radius 1 is 1.13 bits per heavy atom. The van der Waals surface area contributed by atoms with Crippen molar-refractivity contribution < 1.29 is 14.3 Å². The minimum Gasteiger partial charge on any atom is -0.475 e. The number of rotatable bonds is 3. The van der Waals surface area contributed by atoms with Gasteiger partial charge in [-0.2, -0.15) is 4.98 Å². The lowest BCUT2D eigenvalue weighted by molar-refractivity contribution is 0.00556. The van der Waals surface area contributed by atoms with Crippen LogP contribution in [0.25, 0.3) is 11.3 Å². The highest BCUT2D eigenvalue weighted by Gasteiger charge is 2.30. The third-order valence-corrected chi connectivity index (χ3v) is 6.96. The smallest absolute Gasteiger partial charge is 0.410 e. The molecule has 202 valence electrons. The molecule has 1 aromatic heterocycles. The van der Waals surface area contributed by atoms with Gasteiger partial charge in [0, 0.05) is 23.1 Å².